The number of aromatic carboxylic acids is 1. The third kappa shape index (κ3) is 5.42. The second-order valence-electron chi connectivity index (χ2n) is 8.41. The van der Waals surface area contributed by atoms with E-state index < -0.39 is 5.97 Å². The zero-order valence-corrected chi connectivity index (χ0v) is 22.3. The summed E-state index contributed by atoms with van der Waals surface area (Å²) in [6.45, 7) is 2.04. The van der Waals surface area contributed by atoms with Gasteiger partial charge in [-0.05, 0) is 66.8 Å². The first-order chi connectivity index (χ1) is 16.6. The third-order valence-corrected chi connectivity index (χ3v) is 6.53. The van der Waals surface area contributed by atoms with Gasteiger partial charge >= 0.3 is 5.97 Å². The first-order valence-electron chi connectivity index (χ1n) is 10.8. The standard InChI is InChI=1S/C27H25BrFN2O3P/c1-16-4-8-25(31(16)21-11-18(27(32)33)10-20(13-21)30(2)3)23-12-19(28)6-9-26(23)34-15-17-5-7-22(35)14-24(17)29/h4-14H,15,35H2,1-3H3,(H,32,33). The van der Waals surface area contributed by atoms with E-state index in [1.165, 1.54) is 6.07 Å². The Kier molecular flexibility index (Phi) is 7.29. The van der Waals surface area contributed by atoms with Crippen molar-refractivity contribution < 1.29 is 19.0 Å². The molecule has 1 atom stereocenters. The Balaban J connectivity index is 1.81. The number of hydrogen-bond donors (Lipinski definition) is 1. The number of aromatic nitrogens is 1. The van der Waals surface area contributed by atoms with Crippen molar-refractivity contribution in [2.75, 3.05) is 19.0 Å². The van der Waals surface area contributed by atoms with Crippen molar-refractivity contribution in [3.05, 3.63) is 93.8 Å². The molecule has 0 amide bonds. The van der Waals surface area contributed by atoms with Crippen molar-refractivity contribution in [1.29, 1.82) is 0 Å². The summed E-state index contributed by atoms with van der Waals surface area (Å²) in [5, 5.41) is 10.4. The number of carboxylic acids is 1. The van der Waals surface area contributed by atoms with Crippen LogP contribution in [-0.4, -0.2) is 29.7 Å². The maximum absolute atomic E-state index is 14.4. The van der Waals surface area contributed by atoms with Crippen molar-refractivity contribution in [1.82, 2.24) is 4.57 Å². The normalized spacial score (nSPS) is 10.9. The number of rotatable bonds is 7. The third-order valence-electron chi connectivity index (χ3n) is 5.68. The maximum atomic E-state index is 14.4. The molecule has 0 radical (unpaired) electrons. The topological polar surface area (TPSA) is 54.7 Å². The van der Waals surface area contributed by atoms with E-state index >= 15 is 0 Å². The molecule has 180 valence electrons. The summed E-state index contributed by atoms with van der Waals surface area (Å²) in [7, 11) is 6.23. The summed E-state index contributed by atoms with van der Waals surface area (Å²) < 4.78 is 23.3. The van der Waals surface area contributed by atoms with Crippen LogP contribution in [0.4, 0.5) is 10.1 Å². The van der Waals surface area contributed by atoms with Crippen molar-refractivity contribution in [3.63, 3.8) is 0 Å². The van der Waals surface area contributed by atoms with Crippen molar-refractivity contribution in [2.45, 2.75) is 13.5 Å². The number of benzene rings is 3. The van der Waals surface area contributed by atoms with Gasteiger partial charge in [0.2, 0.25) is 0 Å². The van der Waals surface area contributed by atoms with Crippen LogP contribution in [0, 0.1) is 12.7 Å². The van der Waals surface area contributed by atoms with Gasteiger partial charge in [0.1, 0.15) is 18.2 Å². The predicted molar refractivity (Wildman–Crippen MR) is 145 cm³/mol. The quantitative estimate of drug-likeness (QED) is 0.276. The van der Waals surface area contributed by atoms with E-state index in [1.807, 2.05) is 73.0 Å². The van der Waals surface area contributed by atoms with Crippen LogP contribution >= 0.6 is 25.2 Å². The Hall–Kier alpha value is -3.15. The van der Waals surface area contributed by atoms with E-state index in [4.69, 9.17) is 4.74 Å². The molecule has 1 N–H and O–H groups in total. The van der Waals surface area contributed by atoms with Gasteiger partial charge in [0.05, 0.1) is 11.3 Å². The van der Waals surface area contributed by atoms with Crippen LogP contribution in [0.15, 0.2) is 71.2 Å². The first kappa shape index (κ1) is 25.0. The van der Waals surface area contributed by atoms with Gasteiger partial charge in [-0.25, -0.2) is 9.18 Å². The number of ether oxygens (including phenoxy) is 1. The van der Waals surface area contributed by atoms with E-state index in [0.29, 0.717) is 11.3 Å². The molecule has 0 bridgehead atoms. The molecule has 0 aliphatic carbocycles. The van der Waals surface area contributed by atoms with Crippen LogP contribution in [0.25, 0.3) is 16.9 Å². The minimum absolute atomic E-state index is 0.0738. The SMILES string of the molecule is Cc1ccc(-c2cc(Br)ccc2OCc2ccc(P)cc2F)n1-c1cc(C(=O)O)cc(N(C)C)c1. The van der Waals surface area contributed by atoms with Gasteiger partial charge in [0.25, 0.3) is 0 Å². The minimum atomic E-state index is -0.994. The van der Waals surface area contributed by atoms with Crippen LogP contribution in [-0.2, 0) is 6.61 Å². The number of anilines is 1. The largest absolute Gasteiger partial charge is 0.488 e. The van der Waals surface area contributed by atoms with E-state index in [-0.39, 0.29) is 18.0 Å². The molecule has 0 fully saturated rings. The van der Waals surface area contributed by atoms with E-state index in [2.05, 4.69) is 25.2 Å². The van der Waals surface area contributed by atoms with Gasteiger partial charge in [-0.15, -0.1) is 9.24 Å². The fourth-order valence-electron chi connectivity index (χ4n) is 3.86. The molecule has 35 heavy (non-hydrogen) atoms. The average Bonchev–Trinajstić information content (AvgIpc) is 3.20. The van der Waals surface area contributed by atoms with Crippen LogP contribution in [0.1, 0.15) is 21.6 Å². The Morgan fingerprint density at radius 2 is 1.86 bits per heavy atom. The lowest BCUT2D eigenvalue weighted by Gasteiger charge is -2.19. The zero-order valence-electron chi connectivity index (χ0n) is 19.5. The molecule has 0 saturated carbocycles. The van der Waals surface area contributed by atoms with Crippen molar-refractivity contribution >= 4 is 42.1 Å². The lowest BCUT2D eigenvalue weighted by atomic mass is 10.1. The fourth-order valence-corrected chi connectivity index (χ4v) is 4.47. The molecule has 1 aromatic heterocycles. The molecule has 0 aliphatic rings. The highest BCUT2D eigenvalue weighted by molar-refractivity contribution is 9.10. The molecule has 0 spiro atoms. The first-order valence-corrected chi connectivity index (χ1v) is 12.2. The molecule has 3 aromatic carbocycles. The number of carbonyl (C=O) groups is 1. The van der Waals surface area contributed by atoms with E-state index in [0.717, 1.165) is 38.1 Å². The Labute approximate surface area is 214 Å². The molecule has 1 unspecified atom stereocenters. The predicted octanol–water partition coefficient (Wildman–Crippen LogP) is 6.20. The van der Waals surface area contributed by atoms with Gasteiger partial charge in [0, 0.05) is 46.8 Å². The molecule has 5 nitrogen and oxygen atoms in total. The lowest BCUT2D eigenvalue weighted by Crippen LogP contribution is -2.12. The minimum Gasteiger partial charge on any atom is -0.488 e. The molecule has 0 saturated heterocycles. The fraction of sp³-hybridized carbons (Fsp3) is 0.148. The molecule has 0 aliphatic heterocycles. The van der Waals surface area contributed by atoms with Gasteiger partial charge in [-0.2, -0.15) is 0 Å². The van der Waals surface area contributed by atoms with E-state index in [9.17, 15) is 14.3 Å². The molecule has 4 aromatic rings. The van der Waals surface area contributed by atoms with Gasteiger partial charge in [0.15, 0.2) is 0 Å². The monoisotopic (exact) mass is 554 g/mol. The highest BCUT2D eigenvalue weighted by Crippen LogP contribution is 2.37. The number of nitrogens with zero attached hydrogens (tertiary/aromatic N) is 2. The Morgan fingerprint density at radius 3 is 2.54 bits per heavy atom. The molecular formula is C27H25BrFN2O3P. The summed E-state index contributed by atoms with van der Waals surface area (Å²) >= 11 is 3.55. The summed E-state index contributed by atoms with van der Waals surface area (Å²) in [6.07, 6.45) is 0. The summed E-state index contributed by atoms with van der Waals surface area (Å²) in [5.41, 5.74) is 4.71. The Morgan fingerprint density at radius 1 is 1.09 bits per heavy atom. The summed E-state index contributed by atoms with van der Waals surface area (Å²) in [5.74, 6) is -0.729. The van der Waals surface area contributed by atoms with Crippen LogP contribution in [0.2, 0.25) is 0 Å². The average molecular weight is 555 g/mol. The highest BCUT2D eigenvalue weighted by atomic mass is 79.9. The van der Waals surface area contributed by atoms with Crippen molar-refractivity contribution in [2.24, 2.45) is 0 Å². The number of hydrogen-bond acceptors (Lipinski definition) is 3. The maximum Gasteiger partial charge on any atom is 0.335 e. The lowest BCUT2D eigenvalue weighted by molar-refractivity contribution is 0.0697. The van der Waals surface area contributed by atoms with Gasteiger partial charge < -0.3 is 19.3 Å². The number of carboxylic acid groups (broad SMARTS) is 1. The van der Waals surface area contributed by atoms with Crippen LogP contribution < -0.4 is 14.9 Å². The molecule has 1 heterocycles. The highest BCUT2D eigenvalue weighted by Gasteiger charge is 2.18. The van der Waals surface area contributed by atoms with Crippen LogP contribution in [0.3, 0.4) is 0 Å². The second-order valence-corrected chi connectivity index (χ2v) is 10.00. The Bertz CT molecular complexity index is 1420. The van der Waals surface area contributed by atoms with E-state index in [1.54, 1.807) is 18.2 Å². The number of aryl methyl sites for hydroxylation is 1. The zero-order chi connectivity index (χ0) is 25.3. The second kappa shape index (κ2) is 10.2. The van der Waals surface area contributed by atoms with Gasteiger partial charge in [-0.3, -0.25) is 0 Å². The summed E-state index contributed by atoms with van der Waals surface area (Å²) in [4.78, 5) is 13.7. The molecule has 4 rings (SSSR count). The van der Waals surface area contributed by atoms with Crippen LogP contribution in [0.5, 0.6) is 5.75 Å². The van der Waals surface area contributed by atoms with Crippen molar-refractivity contribution in [3.8, 4) is 22.7 Å². The summed E-state index contributed by atoms with van der Waals surface area (Å²) in [6, 6.07) is 19.8. The molecular weight excluding hydrogens is 530 g/mol. The molecule has 8 heteroatoms. The smallest absolute Gasteiger partial charge is 0.335 e. The number of halogens is 2. The van der Waals surface area contributed by atoms with Gasteiger partial charge in [-0.1, -0.05) is 28.1 Å².